The van der Waals surface area contributed by atoms with Gasteiger partial charge in [-0.25, -0.2) is 4.39 Å². The summed E-state index contributed by atoms with van der Waals surface area (Å²) in [5.74, 6) is 1.80. The maximum Gasteiger partial charge on any atom is 0.269 e. The normalized spacial score (nSPS) is 34.0. The minimum atomic E-state index is -0.351. The van der Waals surface area contributed by atoms with E-state index in [4.69, 9.17) is 11.6 Å². The van der Waals surface area contributed by atoms with Crippen LogP contribution in [0.3, 0.4) is 0 Å². The van der Waals surface area contributed by atoms with Crippen LogP contribution in [-0.4, -0.2) is 16.4 Å². The van der Waals surface area contributed by atoms with E-state index in [9.17, 15) is 9.18 Å². The molecule has 4 aliphatic rings. The molecule has 1 aromatic carbocycles. The number of fused-ring (bicyclic) bond motifs is 1. The van der Waals surface area contributed by atoms with Gasteiger partial charge in [0.05, 0.1) is 5.02 Å². The van der Waals surface area contributed by atoms with Crippen molar-refractivity contribution in [2.75, 3.05) is 0 Å². The van der Waals surface area contributed by atoms with Gasteiger partial charge in [-0.05, 0) is 74.5 Å². The molecule has 0 spiro atoms. The minimum absolute atomic E-state index is 0.0578. The molecule has 3 nitrogen and oxygen atoms in total. The van der Waals surface area contributed by atoms with Gasteiger partial charge in [-0.1, -0.05) is 11.6 Å². The van der Waals surface area contributed by atoms with E-state index in [0.29, 0.717) is 21.6 Å². The molecule has 4 bridgehead atoms. The highest BCUT2D eigenvalue weighted by molar-refractivity contribution is 6.38. The number of rotatable bonds is 2. The Morgan fingerprint density at radius 2 is 1.79 bits per heavy atom. The van der Waals surface area contributed by atoms with Crippen LogP contribution in [0.15, 0.2) is 18.2 Å². The van der Waals surface area contributed by atoms with Crippen molar-refractivity contribution < 1.29 is 9.18 Å². The second kappa shape index (κ2) is 4.98. The van der Waals surface area contributed by atoms with Crippen LogP contribution in [0.2, 0.25) is 5.02 Å². The minimum Gasteiger partial charge on any atom is -0.349 e. The van der Waals surface area contributed by atoms with E-state index in [1.807, 2.05) is 0 Å². The first-order valence-corrected chi connectivity index (χ1v) is 9.18. The number of benzene rings is 1. The fraction of sp³-hybridized carbons (Fsp3) is 0.526. The molecule has 1 heterocycles. The first kappa shape index (κ1) is 14.8. The summed E-state index contributed by atoms with van der Waals surface area (Å²) in [6.45, 7) is 0. The summed E-state index contributed by atoms with van der Waals surface area (Å²) in [5.41, 5.74) is 0.989. The van der Waals surface area contributed by atoms with E-state index in [2.05, 4.69) is 10.3 Å². The van der Waals surface area contributed by atoms with Crippen molar-refractivity contribution in [1.29, 1.82) is 0 Å². The third-order valence-corrected chi connectivity index (χ3v) is 6.73. The molecule has 5 heteroatoms. The summed E-state index contributed by atoms with van der Waals surface area (Å²) in [4.78, 5) is 15.9. The second-order valence-corrected chi connectivity index (χ2v) is 8.53. The zero-order valence-corrected chi connectivity index (χ0v) is 14.1. The zero-order chi connectivity index (χ0) is 16.5. The molecule has 4 aliphatic carbocycles. The Morgan fingerprint density at radius 1 is 1.17 bits per heavy atom. The standard InChI is InChI=1S/C19H20ClFN2O/c20-16-14-6-13(21)1-2-15(14)22-17(16)18(24)23-19-7-10-3-11(8-19)5-12(4-10)9-19/h1-2,6,10-12,22H,3-5,7-9H2,(H,23,24). The molecule has 6 rings (SSSR count). The molecular formula is C19H20ClFN2O. The molecule has 1 amide bonds. The predicted octanol–water partition coefficient (Wildman–Crippen LogP) is 4.66. The highest BCUT2D eigenvalue weighted by Crippen LogP contribution is 2.55. The summed E-state index contributed by atoms with van der Waals surface area (Å²) >= 11 is 6.35. The molecule has 0 atom stereocenters. The monoisotopic (exact) mass is 346 g/mol. The lowest BCUT2D eigenvalue weighted by molar-refractivity contribution is -0.0167. The molecule has 2 N–H and O–H groups in total. The van der Waals surface area contributed by atoms with E-state index in [0.717, 1.165) is 37.0 Å². The van der Waals surface area contributed by atoms with Gasteiger partial charge in [0.1, 0.15) is 11.5 Å². The third-order valence-electron chi connectivity index (χ3n) is 6.34. The van der Waals surface area contributed by atoms with Crippen LogP contribution in [0.4, 0.5) is 4.39 Å². The van der Waals surface area contributed by atoms with Gasteiger partial charge in [-0.3, -0.25) is 4.79 Å². The number of H-pyrrole nitrogens is 1. The number of carbonyl (C=O) groups is 1. The first-order valence-electron chi connectivity index (χ1n) is 8.81. The molecule has 4 saturated carbocycles. The maximum atomic E-state index is 13.4. The topological polar surface area (TPSA) is 44.9 Å². The Bertz CT molecular complexity index is 808. The summed E-state index contributed by atoms with van der Waals surface area (Å²) in [6, 6.07) is 4.36. The Balaban J connectivity index is 1.46. The summed E-state index contributed by atoms with van der Waals surface area (Å²) in [6.07, 6.45) is 7.29. The molecule has 126 valence electrons. The van der Waals surface area contributed by atoms with Crippen molar-refractivity contribution in [2.24, 2.45) is 17.8 Å². The fourth-order valence-electron chi connectivity index (χ4n) is 5.85. The third kappa shape index (κ3) is 2.19. The van der Waals surface area contributed by atoms with E-state index in [1.54, 1.807) is 6.07 Å². The molecule has 0 radical (unpaired) electrons. The lowest BCUT2D eigenvalue weighted by Crippen LogP contribution is -2.59. The van der Waals surface area contributed by atoms with Gasteiger partial charge < -0.3 is 10.3 Å². The number of halogens is 2. The van der Waals surface area contributed by atoms with Gasteiger partial charge >= 0.3 is 0 Å². The summed E-state index contributed by atoms with van der Waals surface area (Å²) in [7, 11) is 0. The summed E-state index contributed by atoms with van der Waals surface area (Å²) in [5, 5.41) is 4.18. The average Bonchev–Trinajstić information content (AvgIpc) is 2.82. The van der Waals surface area contributed by atoms with Gasteiger partial charge in [0.2, 0.25) is 0 Å². The molecule has 0 aliphatic heterocycles. The smallest absolute Gasteiger partial charge is 0.269 e. The van der Waals surface area contributed by atoms with Crippen molar-refractivity contribution in [3.8, 4) is 0 Å². The van der Waals surface area contributed by atoms with E-state index < -0.39 is 0 Å². The lowest BCUT2D eigenvalue weighted by Gasteiger charge is -2.56. The highest BCUT2D eigenvalue weighted by atomic mass is 35.5. The van der Waals surface area contributed by atoms with E-state index in [1.165, 1.54) is 31.4 Å². The van der Waals surface area contributed by atoms with Crippen LogP contribution in [0.5, 0.6) is 0 Å². The fourth-order valence-corrected chi connectivity index (χ4v) is 6.14. The van der Waals surface area contributed by atoms with Crippen molar-refractivity contribution in [3.63, 3.8) is 0 Å². The lowest BCUT2D eigenvalue weighted by atomic mass is 9.53. The maximum absolute atomic E-state index is 13.4. The molecule has 4 fully saturated rings. The van der Waals surface area contributed by atoms with Crippen molar-refractivity contribution in [3.05, 3.63) is 34.7 Å². The average molecular weight is 347 g/mol. The largest absolute Gasteiger partial charge is 0.349 e. The van der Waals surface area contributed by atoms with Crippen LogP contribution in [0.1, 0.15) is 49.0 Å². The second-order valence-electron chi connectivity index (χ2n) is 8.16. The molecule has 0 unspecified atom stereocenters. The number of amides is 1. The van der Waals surface area contributed by atoms with Gasteiger partial charge in [-0.2, -0.15) is 0 Å². The van der Waals surface area contributed by atoms with Crippen molar-refractivity contribution in [2.45, 2.75) is 44.1 Å². The van der Waals surface area contributed by atoms with Gasteiger partial charge in [-0.15, -0.1) is 0 Å². The molecular weight excluding hydrogens is 327 g/mol. The predicted molar refractivity (Wildman–Crippen MR) is 91.6 cm³/mol. The van der Waals surface area contributed by atoms with Crippen molar-refractivity contribution >= 4 is 28.4 Å². The van der Waals surface area contributed by atoms with Crippen LogP contribution in [0.25, 0.3) is 10.9 Å². The Labute approximate surface area is 144 Å². The quantitative estimate of drug-likeness (QED) is 0.816. The SMILES string of the molecule is O=C(NC12CC3CC(CC(C3)C1)C2)c1[nH]c2ccc(F)cc2c1Cl. The van der Waals surface area contributed by atoms with Crippen LogP contribution in [-0.2, 0) is 0 Å². The Morgan fingerprint density at radius 3 is 2.42 bits per heavy atom. The van der Waals surface area contributed by atoms with Gasteiger partial charge in [0.15, 0.2) is 0 Å². The van der Waals surface area contributed by atoms with Gasteiger partial charge in [0, 0.05) is 16.4 Å². The number of nitrogens with one attached hydrogen (secondary N) is 2. The number of carbonyl (C=O) groups excluding carboxylic acids is 1. The number of aromatic amines is 1. The van der Waals surface area contributed by atoms with E-state index in [-0.39, 0.29) is 17.3 Å². The summed E-state index contributed by atoms with van der Waals surface area (Å²) < 4.78 is 13.4. The number of hydrogen-bond acceptors (Lipinski definition) is 1. The number of aromatic nitrogens is 1. The van der Waals surface area contributed by atoms with E-state index >= 15 is 0 Å². The van der Waals surface area contributed by atoms with Crippen molar-refractivity contribution in [1.82, 2.24) is 10.3 Å². The van der Waals surface area contributed by atoms with Gasteiger partial charge in [0.25, 0.3) is 5.91 Å². The van der Waals surface area contributed by atoms with Crippen LogP contribution in [0, 0.1) is 23.6 Å². The van der Waals surface area contributed by atoms with Crippen LogP contribution >= 0.6 is 11.6 Å². The Kier molecular flexibility index (Phi) is 3.06. The highest BCUT2D eigenvalue weighted by Gasteiger charge is 2.51. The number of hydrogen-bond donors (Lipinski definition) is 2. The Hall–Kier alpha value is -1.55. The zero-order valence-electron chi connectivity index (χ0n) is 13.4. The molecule has 24 heavy (non-hydrogen) atoms. The van der Waals surface area contributed by atoms with Crippen LogP contribution < -0.4 is 5.32 Å². The molecule has 0 saturated heterocycles. The first-order chi connectivity index (χ1) is 11.5. The molecule has 1 aromatic heterocycles. The molecule has 2 aromatic rings.